The summed E-state index contributed by atoms with van der Waals surface area (Å²) in [6.07, 6.45) is 7.61. The molecule has 172 valence electrons. The number of methoxy groups -OCH3 is 1. The largest absolute Gasteiger partial charge is 0.496 e. The molecule has 1 amide bonds. The molecule has 3 saturated heterocycles. The van der Waals surface area contributed by atoms with Crippen molar-refractivity contribution in [3.05, 3.63) is 41.7 Å². The van der Waals surface area contributed by atoms with Crippen LogP contribution in [0.25, 0.3) is 0 Å². The van der Waals surface area contributed by atoms with Crippen LogP contribution in [-0.4, -0.2) is 57.1 Å². The molecular formula is C24H33N5O3. The molecule has 1 aliphatic carbocycles. The van der Waals surface area contributed by atoms with Gasteiger partial charge in [-0.1, -0.05) is 36.3 Å². The highest BCUT2D eigenvalue weighted by Crippen LogP contribution is 2.39. The average molecular weight is 440 g/mol. The van der Waals surface area contributed by atoms with Crippen molar-refractivity contribution in [3.8, 4) is 5.75 Å². The van der Waals surface area contributed by atoms with E-state index in [2.05, 4.69) is 20.5 Å². The van der Waals surface area contributed by atoms with Gasteiger partial charge < -0.3 is 15.2 Å². The van der Waals surface area contributed by atoms with Crippen molar-refractivity contribution in [1.82, 2.24) is 25.2 Å². The summed E-state index contributed by atoms with van der Waals surface area (Å²) in [5.41, 5.74) is 0.905. The molecule has 0 radical (unpaired) electrons. The van der Waals surface area contributed by atoms with Crippen molar-refractivity contribution in [2.24, 2.45) is 11.8 Å². The van der Waals surface area contributed by atoms with Crippen molar-refractivity contribution < 1.29 is 14.6 Å². The molecule has 2 aromatic rings. The Morgan fingerprint density at radius 1 is 1.31 bits per heavy atom. The zero-order valence-electron chi connectivity index (χ0n) is 18.7. The molecule has 1 aromatic heterocycles. The first-order valence-corrected chi connectivity index (χ1v) is 11.8. The lowest BCUT2D eigenvalue weighted by atomic mass is 9.75. The van der Waals surface area contributed by atoms with Crippen molar-refractivity contribution in [1.29, 1.82) is 0 Å². The van der Waals surface area contributed by atoms with Crippen molar-refractivity contribution in [3.63, 3.8) is 0 Å². The molecule has 0 spiro atoms. The van der Waals surface area contributed by atoms with Gasteiger partial charge in [-0.25, -0.2) is 0 Å². The SMILES string of the molecule is COc1ccccc1CNC(=O)[C@@H]1CN2CC[C@@H]1C[C@@H]2Cn1cc(C2(O)CCCC2)nn1. The van der Waals surface area contributed by atoms with Crippen LogP contribution in [0.3, 0.4) is 0 Å². The zero-order valence-corrected chi connectivity index (χ0v) is 18.7. The van der Waals surface area contributed by atoms with Gasteiger partial charge in [-0.3, -0.25) is 14.4 Å². The summed E-state index contributed by atoms with van der Waals surface area (Å²) in [6, 6.07) is 8.16. The molecule has 1 saturated carbocycles. The number of carbonyl (C=O) groups is 1. The van der Waals surface area contributed by atoms with E-state index in [1.54, 1.807) is 7.11 Å². The van der Waals surface area contributed by atoms with Crippen LogP contribution in [-0.2, 0) is 23.5 Å². The summed E-state index contributed by atoms with van der Waals surface area (Å²) in [7, 11) is 1.65. The van der Waals surface area contributed by atoms with E-state index in [1.165, 1.54) is 0 Å². The molecule has 2 bridgehead atoms. The molecule has 4 heterocycles. The number of para-hydroxylation sites is 1. The van der Waals surface area contributed by atoms with Crippen LogP contribution in [0, 0.1) is 11.8 Å². The second-order valence-electron chi connectivity index (χ2n) is 9.63. The highest BCUT2D eigenvalue weighted by Gasteiger charge is 2.43. The topological polar surface area (TPSA) is 92.5 Å². The van der Waals surface area contributed by atoms with Gasteiger partial charge in [0.15, 0.2) is 0 Å². The lowest BCUT2D eigenvalue weighted by Gasteiger charge is -2.49. The fourth-order valence-electron chi connectivity index (χ4n) is 5.82. The van der Waals surface area contributed by atoms with E-state index in [4.69, 9.17) is 4.74 Å². The van der Waals surface area contributed by atoms with Gasteiger partial charge >= 0.3 is 0 Å². The minimum absolute atomic E-state index is 0.0280. The second-order valence-corrected chi connectivity index (χ2v) is 9.63. The molecule has 8 heteroatoms. The molecular weight excluding hydrogens is 406 g/mol. The van der Waals surface area contributed by atoms with Gasteiger partial charge in [0.1, 0.15) is 17.0 Å². The second kappa shape index (κ2) is 8.83. The third-order valence-corrected chi connectivity index (χ3v) is 7.70. The number of aromatic nitrogens is 3. The van der Waals surface area contributed by atoms with Gasteiger partial charge in [0.05, 0.1) is 25.8 Å². The highest BCUT2D eigenvalue weighted by molar-refractivity contribution is 5.79. The van der Waals surface area contributed by atoms with E-state index in [0.717, 1.165) is 69.5 Å². The number of amides is 1. The maximum Gasteiger partial charge on any atom is 0.224 e. The summed E-state index contributed by atoms with van der Waals surface area (Å²) in [4.78, 5) is 15.4. The normalized spacial score (nSPS) is 28.6. The summed E-state index contributed by atoms with van der Waals surface area (Å²) in [6.45, 7) is 3.06. The molecule has 3 aliphatic heterocycles. The molecule has 6 rings (SSSR count). The monoisotopic (exact) mass is 439 g/mol. The van der Waals surface area contributed by atoms with E-state index in [0.29, 0.717) is 24.2 Å². The van der Waals surface area contributed by atoms with Crippen molar-refractivity contribution >= 4 is 5.91 Å². The average Bonchev–Trinajstić information content (AvgIpc) is 3.48. The van der Waals surface area contributed by atoms with Crippen molar-refractivity contribution in [2.45, 2.75) is 63.3 Å². The highest BCUT2D eigenvalue weighted by atomic mass is 16.5. The van der Waals surface area contributed by atoms with E-state index in [-0.39, 0.29) is 11.8 Å². The standard InChI is InChI=1S/C24H33N5O3/c1-32-21-7-3-2-6-18(21)13-25-23(30)20-15-28-11-8-17(20)12-19(28)14-29-16-22(26-27-29)24(31)9-4-5-10-24/h2-3,6-7,16-17,19-20,31H,4-5,8-15H2,1H3,(H,25,30)/t17-,19-,20-/m1/s1. The summed E-state index contributed by atoms with van der Waals surface area (Å²) < 4.78 is 7.28. The third-order valence-electron chi connectivity index (χ3n) is 7.70. The first kappa shape index (κ1) is 21.4. The molecule has 1 aromatic carbocycles. The Kier molecular flexibility index (Phi) is 5.90. The fourth-order valence-corrected chi connectivity index (χ4v) is 5.82. The number of nitrogens with zero attached hydrogens (tertiary/aromatic N) is 4. The number of nitrogens with one attached hydrogen (secondary N) is 1. The Morgan fingerprint density at radius 3 is 2.88 bits per heavy atom. The molecule has 2 N–H and O–H groups in total. The summed E-state index contributed by atoms with van der Waals surface area (Å²) in [5, 5.41) is 22.5. The molecule has 32 heavy (non-hydrogen) atoms. The molecule has 4 fully saturated rings. The number of hydrogen-bond donors (Lipinski definition) is 2. The van der Waals surface area contributed by atoms with Gasteiger partial charge in [0.2, 0.25) is 5.91 Å². The van der Waals surface area contributed by atoms with Crippen LogP contribution in [0.15, 0.2) is 30.5 Å². The van der Waals surface area contributed by atoms with Crippen LogP contribution >= 0.6 is 0 Å². The Bertz CT molecular complexity index is 955. The first-order valence-electron chi connectivity index (χ1n) is 11.8. The first-order chi connectivity index (χ1) is 15.6. The Hall–Kier alpha value is -2.45. The van der Waals surface area contributed by atoms with Gasteiger partial charge in [-0.15, -0.1) is 5.10 Å². The number of benzene rings is 1. The lowest BCUT2D eigenvalue weighted by molar-refractivity contribution is -0.133. The fraction of sp³-hybridized carbons (Fsp3) is 0.625. The molecule has 8 nitrogen and oxygen atoms in total. The maximum absolute atomic E-state index is 13.0. The predicted octanol–water partition coefficient (Wildman–Crippen LogP) is 2.08. The Morgan fingerprint density at radius 2 is 2.12 bits per heavy atom. The summed E-state index contributed by atoms with van der Waals surface area (Å²) >= 11 is 0. The number of ether oxygens (including phenoxy) is 1. The van der Waals surface area contributed by atoms with Crippen LogP contribution in [0.2, 0.25) is 0 Å². The van der Waals surface area contributed by atoms with Gasteiger partial charge in [0.25, 0.3) is 0 Å². The van der Waals surface area contributed by atoms with Crippen LogP contribution in [0.1, 0.15) is 49.8 Å². The number of fused-ring (bicyclic) bond motifs is 3. The van der Waals surface area contributed by atoms with Gasteiger partial charge in [0, 0.05) is 24.7 Å². The van der Waals surface area contributed by atoms with E-state index < -0.39 is 5.60 Å². The van der Waals surface area contributed by atoms with Gasteiger partial charge in [-0.2, -0.15) is 0 Å². The van der Waals surface area contributed by atoms with Crippen LogP contribution < -0.4 is 10.1 Å². The van der Waals surface area contributed by atoms with E-state index in [1.807, 2.05) is 35.1 Å². The molecule has 1 unspecified atom stereocenters. The zero-order chi connectivity index (χ0) is 22.1. The van der Waals surface area contributed by atoms with E-state index in [9.17, 15) is 9.90 Å². The minimum Gasteiger partial charge on any atom is -0.496 e. The number of aliphatic hydroxyl groups is 1. The Labute approximate surface area is 188 Å². The van der Waals surface area contributed by atoms with Crippen LogP contribution in [0.4, 0.5) is 0 Å². The molecule has 4 atom stereocenters. The minimum atomic E-state index is -0.797. The summed E-state index contributed by atoms with van der Waals surface area (Å²) in [5.74, 6) is 1.36. The number of carbonyl (C=O) groups excluding carboxylic acids is 1. The smallest absolute Gasteiger partial charge is 0.224 e. The molecule has 4 aliphatic rings. The number of piperidine rings is 3. The van der Waals surface area contributed by atoms with Crippen LogP contribution in [0.5, 0.6) is 5.75 Å². The number of rotatable bonds is 7. The van der Waals surface area contributed by atoms with Crippen molar-refractivity contribution in [2.75, 3.05) is 20.2 Å². The van der Waals surface area contributed by atoms with E-state index >= 15 is 0 Å². The van der Waals surface area contributed by atoms with Gasteiger partial charge in [-0.05, 0) is 44.2 Å². The Balaban J connectivity index is 1.18. The third kappa shape index (κ3) is 4.13. The predicted molar refractivity (Wildman–Crippen MR) is 119 cm³/mol. The quantitative estimate of drug-likeness (QED) is 0.686. The lowest BCUT2D eigenvalue weighted by Crippen LogP contribution is -2.58. The number of hydrogen-bond acceptors (Lipinski definition) is 6. The maximum atomic E-state index is 13.0.